The summed E-state index contributed by atoms with van der Waals surface area (Å²) in [5, 5.41) is 0. The number of amides is 1. The molecule has 1 aliphatic heterocycles. The van der Waals surface area contributed by atoms with Gasteiger partial charge in [0.2, 0.25) is 5.91 Å². The SMILES string of the molecule is COc1ccc(CN2CCCN(C(=O)C(C)N)CC2)cc1. The molecule has 21 heavy (non-hydrogen) atoms. The number of hydrogen-bond donors (Lipinski definition) is 1. The van der Waals surface area contributed by atoms with Crippen LogP contribution in [0.1, 0.15) is 18.9 Å². The number of nitrogens with zero attached hydrogens (tertiary/aromatic N) is 2. The fourth-order valence-electron chi connectivity index (χ4n) is 2.63. The molecule has 0 spiro atoms. The molecule has 2 rings (SSSR count). The maximum atomic E-state index is 12.0. The Balaban J connectivity index is 1.89. The molecular weight excluding hydrogens is 266 g/mol. The molecule has 1 saturated heterocycles. The van der Waals surface area contributed by atoms with Gasteiger partial charge in [-0.15, -0.1) is 0 Å². The van der Waals surface area contributed by atoms with Crippen LogP contribution in [0.3, 0.4) is 0 Å². The van der Waals surface area contributed by atoms with Crippen LogP contribution >= 0.6 is 0 Å². The molecule has 1 amide bonds. The molecule has 1 aromatic carbocycles. The van der Waals surface area contributed by atoms with E-state index in [-0.39, 0.29) is 5.91 Å². The van der Waals surface area contributed by atoms with Gasteiger partial charge in [0.15, 0.2) is 0 Å². The molecule has 0 bridgehead atoms. The Labute approximate surface area is 126 Å². The number of ether oxygens (including phenoxy) is 1. The summed E-state index contributed by atoms with van der Waals surface area (Å²) in [7, 11) is 1.67. The van der Waals surface area contributed by atoms with Crippen LogP contribution in [0.15, 0.2) is 24.3 Å². The molecule has 1 unspecified atom stereocenters. The van der Waals surface area contributed by atoms with Crippen molar-refractivity contribution in [2.24, 2.45) is 5.73 Å². The van der Waals surface area contributed by atoms with Crippen molar-refractivity contribution < 1.29 is 9.53 Å². The molecule has 1 aromatic rings. The molecule has 1 atom stereocenters. The zero-order valence-corrected chi connectivity index (χ0v) is 12.9. The van der Waals surface area contributed by atoms with Gasteiger partial charge in [-0.05, 0) is 31.0 Å². The minimum absolute atomic E-state index is 0.0568. The van der Waals surface area contributed by atoms with Gasteiger partial charge < -0.3 is 15.4 Å². The van der Waals surface area contributed by atoms with Crippen LogP contribution in [0.5, 0.6) is 5.75 Å². The standard InChI is InChI=1S/C16H25N3O2/c1-13(17)16(20)19-9-3-8-18(10-11-19)12-14-4-6-15(21-2)7-5-14/h4-7,13H,3,8-12,17H2,1-2H3. The highest BCUT2D eigenvalue weighted by molar-refractivity contribution is 5.81. The number of benzene rings is 1. The van der Waals surface area contributed by atoms with Gasteiger partial charge in [-0.25, -0.2) is 0 Å². The van der Waals surface area contributed by atoms with Crippen LogP contribution < -0.4 is 10.5 Å². The van der Waals surface area contributed by atoms with E-state index in [1.165, 1.54) is 5.56 Å². The molecular formula is C16H25N3O2. The molecule has 116 valence electrons. The summed E-state index contributed by atoms with van der Waals surface area (Å²) in [6.07, 6.45) is 0.995. The van der Waals surface area contributed by atoms with E-state index in [9.17, 15) is 4.79 Å². The van der Waals surface area contributed by atoms with E-state index in [0.29, 0.717) is 0 Å². The predicted octanol–water partition coefficient (Wildman–Crippen LogP) is 1.08. The molecule has 1 aliphatic rings. The second kappa shape index (κ2) is 7.43. The predicted molar refractivity (Wildman–Crippen MR) is 83.1 cm³/mol. The number of carbonyl (C=O) groups is 1. The van der Waals surface area contributed by atoms with Gasteiger partial charge in [0.25, 0.3) is 0 Å². The summed E-state index contributed by atoms with van der Waals surface area (Å²) in [4.78, 5) is 16.2. The second-order valence-corrected chi connectivity index (χ2v) is 5.59. The van der Waals surface area contributed by atoms with Crippen molar-refractivity contribution in [2.45, 2.75) is 25.9 Å². The van der Waals surface area contributed by atoms with E-state index >= 15 is 0 Å². The zero-order valence-electron chi connectivity index (χ0n) is 12.9. The van der Waals surface area contributed by atoms with Crippen molar-refractivity contribution in [3.63, 3.8) is 0 Å². The van der Waals surface area contributed by atoms with Gasteiger partial charge >= 0.3 is 0 Å². The van der Waals surface area contributed by atoms with E-state index in [0.717, 1.165) is 44.9 Å². The lowest BCUT2D eigenvalue weighted by Crippen LogP contribution is -2.43. The van der Waals surface area contributed by atoms with Crippen LogP contribution in [0.25, 0.3) is 0 Å². The molecule has 5 nitrogen and oxygen atoms in total. The van der Waals surface area contributed by atoms with E-state index < -0.39 is 6.04 Å². The molecule has 0 aliphatic carbocycles. The van der Waals surface area contributed by atoms with E-state index in [2.05, 4.69) is 17.0 Å². The maximum absolute atomic E-state index is 12.0. The first kappa shape index (κ1) is 15.8. The maximum Gasteiger partial charge on any atom is 0.239 e. The smallest absolute Gasteiger partial charge is 0.239 e. The molecule has 0 saturated carbocycles. The van der Waals surface area contributed by atoms with Gasteiger partial charge in [-0.2, -0.15) is 0 Å². The van der Waals surface area contributed by atoms with E-state index in [1.54, 1.807) is 14.0 Å². The Morgan fingerprint density at radius 3 is 2.57 bits per heavy atom. The highest BCUT2D eigenvalue weighted by Gasteiger charge is 2.21. The van der Waals surface area contributed by atoms with Crippen LogP contribution in [0.4, 0.5) is 0 Å². The summed E-state index contributed by atoms with van der Waals surface area (Å²) in [5.74, 6) is 0.935. The Bertz CT molecular complexity index is 459. The molecule has 0 aromatic heterocycles. The third kappa shape index (κ3) is 4.44. The van der Waals surface area contributed by atoms with Crippen LogP contribution in [-0.4, -0.2) is 55.0 Å². The van der Waals surface area contributed by atoms with Gasteiger partial charge in [0.1, 0.15) is 5.75 Å². The lowest BCUT2D eigenvalue weighted by Gasteiger charge is -2.23. The van der Waals surface area contributed by atoms with Crippen molar-refractivity contribution in [3.8, 4) is 5.75 Å². The normalized spacial score (nSPS) is 18.1. The molecule has 2 N–H and O–H groups in total. The zero-order chi connectivity index (χ0) is 15.2. The second-order valence-electron chi connectivity index (χ2n) is 5.59. The summed E-state index contributed by atoms with van der Waals surface area (Å²) >= 11 is 0. The Hall–Kier alpha value is -1.59. The highest BCUT2D eigenvalue weighted by atomic mass is 16.5. The fraction of sp³-hybridized carbons (Fsp3) is 0.562. The lowest BCUT2D eigenvalue weighted by atomic mass is 10.2. The quantitative estimate of drug-likeness (QED) is 0.902. The lowest BCUT2D eigenvalue weighted by molar-refractivity contribution is -0.132. The molecule has 5 heteroatoms. The Morgan fingerprint density at radius 2 is 1.95 bits per heavy atom. The van der Waals surface area contributed by atoms with Gasteiger partial charge in [0.05, 0.1) is 13.2 Å². The number of nitrogens with two attached hydrogens (primary N) is 1. The van der Waals surface area contributed by atoms with Crippen LogP contribution in [0, 0.1) is 0 Å². The van der Waals surface area contributed by atoms with Gasteiger partial charge in [0, 0.05) is 32.7 Å². The van der Waals surface area contributed by atoms with Crippen LogP contribution in [-0.2, 0) is 11.3 Å². The van der Waals surface area contributed by atoms with Gasteiger partial charge in [-0.1, -0.05) is 12.1 Å². The molecule has 0 radical (unpaired) electrons. The van der Waals surface area contributed by atoms with Crippen molar-refractivity contribution >= 4 is 5.91 Å². The number of rotatable bonds is 4. The summed E-state index contributed by atoms with van der Waals surface area (Å²) < 4.78 is 5.17. The van der Waals surface area contributed by atoms with Crippen LogP contribution in [0.2, 0.25) is 0 Å². The number of carbonyl (C=O) groups excluding carboxylic acids is 1. The first-order chi connectivity index (χ1) is 10.1. The largest absolute Gasteiger partial charge is 0.497 e. The number of hydrogen-bond acceptors (Lipinski definition) is 4. The van der Waals surface area contributed by atoms with Gasteiger partial charge in [-0.3, -0.25) is 9.69 Å². The third-order valence-corrected chi connectivity index (χ3v) is 3.85. The van der Waals surface area contributed by atoms with Crippen molar-refractivity contribution in [1.82, 2.24) is 9.80 Å². The topological polar surface area (TPSA) is 58.8 Å². The Morgan fingerprint density at radius 1 is 1.24 bits per heavy atom. The average molecular weight is 291 g/mol. The minimum atomic E-state index is -0.405. The summed E-state index contributed by atoms with van der Waals surface area (Å²) in [6.45, 7) is 6.13. The van der Waals surface area contributed by atoms with Crippen molar-refractivity contribution in [2.75, 3.05) is 33.3 Å². The average Bonchev–Trinajstić information content (AvgIpc) is 2.73. The minimum Gasteiger partial charge on any atom is -0.497 e. The van der Waals surface area contributed by atoms with E-state index in [4.69, 9.17) is 10.5 Å². The highest BCUT2D eigenvalue weighted by Crippen LogP contribution is 2.14. The van der Waals surface area contributed by atoms with E-state index in [1.807, 2.05) is 17.0 Å². The monoisotopic (exact) mass is 291 g/mol. The summed E-state index contributed by atoms with van der Waals surface area (Å²) in [6, 6.07) is 7.75. The number of methoxy groups -OCH3 is 1. The van der Waals surface area contributed by atoms with Crippen molar-refractivity contribution in [3.05, 3.63) is 29.8 Å². The fourth-order valence-corrected chi connectivity index (χ4v) is 2.63. The summed E-state index contributed by atoms with van der Waals surface area (Å²) in [5.41, 5.74) is 6.95. The third-order valence-electron chi connectivity index (χ3n) is 3.85. The first-order valence-electron chi connectivity index (χ1n) is 7.50. The molecule has 1 heterocycles. The van der Waals surface area contributed by atoms with Crippen molar-refractivity contribution in [1.29, 1.82) is 0 Å². The first-order valence-corrected chi connectivity index (χ1v) is 7.50. The molecule has 1 fully saturated rings. The Kier molecular flexibility index (Phi) is 5.59.